The fourth-order valence-corrected chi connectivity index (χ4v) is 2.45. The summed E-state index contributed by atoms with van der Waals surface area (Å²) in [4.78, 5) is 8.91. The Balaban J connectivity index is 2.36. The van der Waals surface area contributed by atoms with Gasteiger partial charge in [0.05, 0.1) is 11.6 Å². The van der Waals surface area contributed by atoms with Crippen LogP contribution in [0.4, 0.5) is 5.82 Å². The molecule has 0 aliphatic heterocycles. The third-order valence-electron chi connectivity index (χ3n) is 3.15. The van der Waals surface area contributed by atoms with E-state index in [0.29, 0.717) is 4.99 Å². The summed E-state index contributed by atoms with van der Waals surface area (Å²) in [6.07, 6.45) is 3.55. The summed E-state index contributed by atoms with van der Waals surface area (Å²) in [5.41, 5.74) is 9.74. The van der Waals surface area contributed by atoms with Gasteiger partial charge in [-0.1, -0.05) is 12.2 Å². The van der Waals surface area contributed by atoms with Crippen molar-refractivity contribution in [1.29, 1.82) is 0 Å². The highest BCUT2D eigenvalue weighted by Crippen LogP contribution is 2.23. The zero-order valence-corrected chi connectivity index (χ0v) is 12.7. The lowest BCUT2D eigenvalue weighted by molar-refractivity contribution is 0.867. The minimum absolute atomic E-state index is 0.0970. The van der Waals surface area contributed by atoms with E-state index in [9.17, 15) is 0 Å². The summed E-state index contributed by atoms with van der Waals surface area (Å²) >= 11 is 5.14. The topological polar surface area (TPSA) is 63.8 Å². The van der Waals surface area contributed by atoms with Crippen LogP contribution in [0.2, 0.25) is 0 Å². The average molecular weight is 286 g/mol. The van der Waals surface area contributed by atoms with Crippen LogP contribution in [-0.2, 0) is 0 Å². The van der Waals surface area contributed by atoms with E-state index >= 15 is 0 Å². The van der Waals surface area contributed by atoms with Crippen molar-refractivity contribution in [2.45, 2.75) is 26.8 Å². The molecule has 0 aliphatic carbocycles. The Hall–Kier alpha value is -2.01. The predicted octanol–water partition coefficient (Wildman–Crippen LogP) is 2.90. The maximum absolute atomic E-state index is 5.82. The van der Waals surface area contributed by atoms with E-state index < -0.39 is 0 Å². The number of pyridine rings is 2. The molecule has 2 heterocycles. The smallest absolute Gasteiger partial charge is 0.137 e. The molecule has 0 spiro atoms. The number of hydrogen-bond donors (Lipinski definition) is 2. The minimum Gasteiger partial charge on any atom is -0.389 e. The molecule has 0 aromatic carbocycles. The van der Waals surface area contributed by atoms with Gasteiger partial charge in [0.1, 0.15) is 10.8 Å². The van der Waals surface area contributed by atoms with Crippen molar-refractivity contribution in [2.75, 3.05) is 5.32 Å². The first kappa shape index (κ1) is 14.4. The molecule has 0 aliphatic rings. The van der Waals surface area contributed by atoms with Gasteiger partial charge in [-0.25, -0.2) is 4.98 Å². The monoisotopic (exact) mass is 286 g/mol. The molecular weight excluding hydrogens is 268 g/mol. The van der Waals surface area contributed by atoms with Gasteiger partial charge in [-0.15, -0.1) is 0 Å². The Kier molecular flexibility index (Phi) is 4.29. The summed E-state index contributed by atoms with van der Waals surface area (Å²) < 4.78 is 0. The summed E-state index contributed by atoms with van der Waals surface area (Å²) in [6.45, 7) is 6.02. The number of rotatable bonds is 4. The predicted molar refractivity (Wildman–Crippen MR) is 85.9 cm³/mol. The number of aryl methyl sites for hydroxylation is 2. The number of hydrogen-bond acceptors (Lipinski definition) is 4. The van der Waals surface area contributed by atoms with Gasteiger partial charge < -0.3 is 11.1 Å². The van der Waals surface area contributed by atoms with E-state index in [1.54, 1.807) is 12.4 Å². The van der Waals surface area contributed by atoms with Gasteiger partial charge in [-0.2, -0.15) is 0 Å². The van der Waals surface area contributed by atoms with Crippen LogP contribution in [0.15, 0.2) is 30.6 Å². The first-order valence-electron chi connectivity index (χ1n) is 6.43. The largest absolute Gasteiger partial charge is 0.389 e. The van der Waals surface area contributed by atoms with Crippen molar-refractivity contribution in [2.24, 2.45) is 5.73 Å². The molecule has 0 bridgehead atoms. The standard InChI is InChI=1S/C15H18N4S/c1-9-8-10(2)18-15(13(9)14(16)20)19-11(3)12-4-6-17-7-5-12/h4-8,11H,1-3H3,(H2,16,20)(H,18,19). The molecule has 2 aromatic rings. The van der Waals surface area contributed by atoms with Crippen LogP contribution in [0, 0.1) is 13.8 Å². The molecular formula is C15H18N4S. The lowest BCUT2D eigenvalue weighted by Gasteiger charge is -2.19. The highest BCUT2D eigenvalue weighted by molar-refractivity contribution is 7.80. The third kappa shape index (κ3) is 3.11. The normalized spacial score (nSPS) is 11.9. The van der Waals surface area contributed by atoms with Gasteiger partial charge >= 0.3 is 0 Å². The number of aromatic nitrogens is 2. The zero-order valence-electron chi connectivity index (χ0n) is 11.8. The van der Waals surface area contributed by atoms with Crippen molar-refractivity contribution in [3.05, 3.63) is 53.0 Å². The second-order valence-corrected chi connectivity index (χ2v) is 5.25. The lowest BCUT2D eigenvalue weighted by Crippen LogP contribution is -2.18. The van der Waals surface area contributed by atoms with Crippen LogP contribution in [0.5, 0.6) is 0 Å². The molecule has 2 rings (SSSR count). The van der Waals surface area contributed by atoms with Gasteiger partial charge in [-0.05, 0) is 50.1 Å². The SMILES string of the molecule is Cc1cc(C)c(C(N)=S)c(NC(C)c2ccncc2)n1. The summed E-state index contributed by atoms with van der Waals surface area (Å²) in [7, 11) is 0. The van der Waals surface area contributed by atoms with Crippen LogP contribution in [0.25, 0.3) is 0 Å². The third-order valence-corrected chi connectivity index (χ3v) is 3.35. The second-order valence-electron chi connectivity index (χ2n) is 4.81. The van der Waals surface area contributed by atoms with E-state index in [1.807, 2.05) is 32.0 Å². The number of thiocarbonyl (C=S) groups is 1. The number of anilines is 1. The van der Waals surface area contributed by atoms with Crippen molar-refractivity contribution in [3.63, 3.8) is 0 Å². The zero-order chi connectivity index (χ0) is 14.7. The van der Waals surface area contributed by atoms with Crippen molar-refractivity contribution in [3.8, 4) is 0 Å². The molecule has 5 heteroatoms. The van der Waals surface area contributed by atoms with Crippen molar-refractivity contribution < 1.29 is 0 Å². The highest BCUT2D eigenvalue weighted by atomic mass is 32.1. The molecule has 1 atom stereocenters. The fraction of sp³-hybridized carbons (Fsp3) is 0.267. The molecule has 0 radical (unpaired) electrons. The van der Waals surface area contributed by atoms with Crippen LogP contribution in [0.3, 0.4) is 0 Å². The maximum atomic E-state index is 5.82. The molecule has 0 saturated heterocycles. The Labute approximate surface area is 124 Å². The van der Waals surface area contributed by atoms with E-state index in [2.05, 4.69) is 22.2 Å². The lowest BCUT2D eigenvalue weighted by atomic mass is 10.1. The molecule has 104 valence electrons. The maximum Gasteiger partial charge on any atom is 0.137 e. The van der Waals surface area contributed by atoms with Crippen molar-refractivity contribution >= 4 is 23.0 Å². The fourth-order valence-electron chi connectivity index (χ4n) is 2.19. The first-order valence-corrected chi connectivity index (χ1v) is 6.84. The van der Waals surface area contributed by atoms with Crippen LogP contribution < -0.4 is 11.1 Å². The summed E-state index contributed by atoms with van der Waals surface area (Å²) in [5.74, 6) is 0.735. The van der Waals surface area contributed by atoms with Gasteiger partial charge in [0.25, 0.3) is 0 Å². The van der Waals surface area contributed by atoms with Gasteiger partial charge in [0, 0.05) is 18.1 Å². The molecule has 0 saturated carbocycles. The molecule has 20 heavy (non-hydrogen) atoms. The van der Waals surface area contributed by atoms with E-state index in [1.165, 1.54) is 0 Å². The second kappa shape index (κ2) is 5.96. The molecule has 0 fully saturated rings. The summed E-state index contributed by atoms with van der Waals surface area (Å²) in [5, 5.41) is 3.38. The van der Waals surface area contributed by atoms with Crippen LogP contribution in [0.1, 0.15) is 35.3 Å². The Morgan fingerprint density at radius 2 is 1.95 bits per heavy atom. The Bertz CT molecular complexity index is 625. The van der Waals surface area contributed by atoms with Gasteiger partial charge in [-0.3, -0.25) is 4.98 Å². The summed E-state index contributed by atoms with van der Waals surface area (Å²) in [6, 6.07) is 6.03. The average Bonchev–Trinajstić information content (AvgIpc) is 2.38. The molecule has 4 nitrogen and oxygen atoms in total. The quantitative estimate of drug-likeness (QED) is 0.846. The van der Waals surface area contributed by atoms with E-state index in [0.717, 1.165) is 28.2 Å². The Morgan fingerprint density at radius 1 is 1.30 bits per heavy atom. The molecule has 3 N–H and O–H groups in total. The number of nitrogens with two attached hydrogens (primary N) is 1. The minimum atomic E-state index is 0.0970. The van der Waals surface area contributed by atoms with Crippen molar-refractivity contribution in [1.82, 2.24) is 9.97 Å². The van der Waals surface area contributed by atoms with Crippen LogP contribution in [-0.4, -0.2) is 15.0 Å². The highest BCUT2D eigenvalue weighted by Gasteiger charge is 2.14. The van der Waals surface area contributed by atoms with E-state index in [-0.39, 0.29) is 6.04 Å². The van der Waals surface area contributed by atoms with Gasteiger partial charge in [0.15, 0.2) is 0 Å². The van der Waals surface area contributed by atoms with Crippen LogP contribution >= 0.6 is 12.2 Å². The molecule has 1 unspecified atom stereocenters. The molecule has 2 aromatic heterocycles. The first-order chi connectivity index (χ1) is 9.49. The van der Waals surface area contributed by atoms with E-state index in [4.69, 9.17) is 18.0 Å². The molecule has 0 amide bonds. The Morgan fingerprint density at radius 3 is 2.55 bits per heavy atom. The number of nitrogens with one attached hydrogen (secondary N) is 1. The van der Waals surface area contributed by atoms with Gasteiger partial charge in [0.2, 0.25) is 0 Å². The number of nitrogens with zero attached hydrogens (tertiary/aromatic N) is 2.